The molecule has 13 heavy (non-hydrogen) atoms. The number of Topliss-reactive ketones (excluding diaryl/α,β-unsaturated/α-hetero) is 1. The second-order valence-corrected chi connectivity index (χ2v) is 2.56. The van der Waals surface area contributed by atoms with E-state index < -0.39 is 30.1 Å². The first-order chi connectivity index (χ1) is 6.07. The van der Waals surface area contributed by atoms with Crippen LogP contribution in [0.4, 0.5) is 0 Å². The van der Waals surface area contributed by atoms with E-state index >= 15 is 0 Å². The average molecular weight is 191 g/mol. The zero-order valence-electron chi connectivity index (χ0n) is 6.54. The minimum atomic E-state index is -1.81. The van der Waals surface area contributed by atoms with Crippen LogP contribution in [0, 0.1) is 0 Å². The number of esters is 1. The largest absolute Gasteiger partial charge is 0.449 e. The van der Waals surface area contributed by atoms with Crippen molar-refractivity contribution in [1.82, 2.24) is 0 Å². The second kappa shape index (κ2) is 3.79. The van der Waals surface area contributed by atoms with Gasteiger partial charge in [0, 0.05) is 0 Å². The van der Waals surface area contributed by atoms with Crippen molar-refractivity contribution >= 4 is 11.8 Å². The highest BCUT2D eigenvalue weighted by atomic mass is 16.6. The Balaban J connectivity index is 2.62. The van der Waals surface area contributed by atoms with Gasteiger partial charge in [-0.25, -0.2) is 10.7 Å². The van der Waals surface area contributed by atoms with Crippen molar-refractivity contribution in [1.29, 1.82) is 0 Å². The predicted octanol–water partition coefficient (Wildman–Crippen LogP) is -2.91. The number of rotatable bonds is 3. The van der Waals surface area contributed by atoms with Gasteiger partial charge in [0.15, 0.2) is 6.10 Å². The Morgan fingerprint density at radius 3 is 2.62 bits per heavy atom. The maximum Gasteiger partial charge on any atom is 0.343 e. The first kappa shape index (κ1) is 10.1. The fourth-order valence-electron chi connectivity index (χ4n) is 0.974. The molecule has 0 aromatic heterocycles. The molecule has 1 heterocycles. The molecule has 0 aromatic carbocycles. The summed E-state index contributed by atoms with van der Waals surface area (Å²) in [5, 5.41) is 18.0. The number of carbonyl (C=O) groups excluding carboxylic acids is 2. The molecule has 1 rings (SSSR count). The van der Waals surface area contributed by atoms with Gasteiger partial charge in [-0.3, -0.25) is 4.79 Å². The monoisotopic (exact) mass is 191 g/mol. The molecule has 1 aliphatic rings. The molecule has 0 aromatic rings. The van der Waals surface area contributed by atoms with Crippen LogP contribution in [0.1, 0.15) is 0 Å². The lowest BCUT2D eigenvalue weighted by Crippen LogP contribution is -2.38. The Labute approximate surface area is 73.0 Å². The molecule has 1 saturated heterocycles. The number of ether oxygens (including phenoxy) is 1. The predicted molar refractivity (Wildman–Crippen MR) is 37.0 cm³/mol. The highest BCUT2D eigenvalue weighted by Crippen LogP contribution is 2.14. The van der Waals surface area contributed by atoms with E-state index in [9.17, 15) is 9.59 Å². The fraction of sp³-hybridized carbons (Fsp3) is 0.667. The van der Waals surface area contributed by atoms with E-state index in [1.807, 2.05) is 0 Å². The van der Waals surface area contributed by atoms with Crippen molar-refractivity contribution < 1.29 is 29.4 Å². The zero-order valence-corrected chi connectivity index (χ0v) is 6.54. The molecule has 74 valence electrons. The summed E-state index contributed by atoms with van der Waals surface area (Å²) >= 11 is 0. The molecule has 0 aliphatic carbocycles. The summed E-state index contributed by atoms with van der Waals surface area (Å²) in [6, 6.07) is 0. The van der Waals surface area contributed by atoms with E-state index in [0.717, 1.165) is 0 Å². The third kappa shape index (κ3) is 1.83. The Morgan fingerprint density at radius 1 is 1.62 bits per heavy atom. The number of ketones is 1. The van der Waals surface area contributed by atoms with Crippen LogP contribution in [0.15, 0.2) is 0 Å². The molecule has 0 radical (unpaired) electrons. The van der Waals surface area contributed by atoms with Crippen LogP contribution >= 0.6 is 0 Å². The summed E-state index contributed by atoms with van der Waals surface area (Å²) in [5.41, 5.74) is 0. The Morgan fingerprint density at radius 2 is 2.23 bits per heavy atom. The van der Waals surface area contributed by atoms with E-state index in [1.165, 1.54) is 0 Å². The quantitative estimate of drug-likeness (QED) is 0.248. The third-order valence-electron chi connectivity index (χ3n) is 1.63. The SMILES string of the molecule is NOCC(O)C1OC(=O)C(O)C1=O. The summed E-state index contributed by atoms with van der Waals surface area (Å²) in [6.07, 6.45) is -4.54. The van der Waals surface area contributed by atoms with Gasteiger partial charge in [0.25, 0.3) is 0 Å². The van der Waals surface area contributed by atoms with E-state index in [1.54, 1.807) is 0 Å². The molecule has 0 saturated carbocycles. The van der Waals surface area contributed by atoms with Crippen molar-refractivity contribution in [2.45, 2.75) is 18.3 Å². The smallest absolute Gasteiger partial charge is 0.343 e. The molecule has 3 atom stereocenters. The van der Waals surface area contributed by atoms with Crippen LogP contribution in [0.5, 0.6) is 0 Å². The lowest BCUT2D eigenvalue weighted by atomic mass is 10.1. The van der Waals surface area contributed by atoms with Crippen LogP contribution in [-0.4, -0.2) is 46.9 Å². The molecular formula is C6H9NO6. The van der Waals surface area contributed by atoms with Crippen LogP contribution in [0.3, 0.4) is 0 Å². The normalized spacial score (nSPS) is 30.4. The van der Waals surface area contributed by atoms with Gasteiger partial charge in [-0.05, 0) is 0 Å². The fourth-order valence-corrected chi connectivity index (χ4v) is 0.974. The molecule has 0 spiro atoms. The van der Waals surface area contributed by atoms with Gasteiger partial charge >= 0.3 is 5.97 Å². The molecule has 0 bridgehead atoms. The summed E-state index contributed by atoms with van der Waals surface area (Å²) in [6.45, 7) is -0.351. The van der Waals surface area contributed by atoms with Gasteiger partial charge in [-0.15, -0.1) is 0 Å². The number of carbonyl (C=O) groups is 2. The average Bonchev–Trinajstić information content (AvgIpc) is 2.33. The van der Waals surface area contributed by atoms with Gasteiger partial charge in [-0.1, -0.05) is 0 Å². The van der Waals surface area contributed by atoms with Gasteiger partial charge in [0.2, 0.25) is 11.9 Å². The van der Waals surface area contributed by atoms with Crippen LogP contribution in [-0.2, 0) is 19.2 Å². The van der Waals surface area contributed by atoms with E-state index in [-0.39, 0.29) is 6.61 Å². The number of aliphatic hydroxyl groups is 2. The minimum absolute atomic E-state index is 0.351. The van der Waals surface area contributed by atoms with Crippen LogP contribution in [0.25, 0.3) is 0 Å². The highest BCUT2D eigenvalue weighted by Gasteiger charge is 2.45. The third-order valence-corrected chi connectivity index (χ3v) is 1.63. The van der Waals surface area contributed by atoms with Gasteiger partial charge in [-0.2, -0.15) is 0 Å². The van der Waals surface area contributed by atoms with Crippen LogP contribution in [0.2, 0.25) is 0 Å². The van der Waals surface area contributed by atoms with Crippen molar-refractivity contribution in [3.8, 4) is 0 Å². The Bertz CT molecular complexity index is 229. The zero-order chi connectivity index (χ0) is 10.0. The van der Waals surface area contributed by atoms with Crippen molar-refractivity contribution in [2.75, 3.05) is 6.61 Å². The van der Waals surface area contributed by atoms with Gasteiger partial charge in [0.05, 0.1) is 6.61 Å². The first-order valence-electron chi connectivity index (χ1n) is 3.50. The highest BCUT2D eigenvalue weighted by molar-refractivity contribution is 6.09. The Kier molecular flexibility index (Phi) is 2.94. The molecule has 1 fully saturated rings. The number of nitrogens with two attached hydrogens (primary N) is 1. The van der Waals surface area contributed by atoms with E-state index in [2.05, 4.69) is 15.5 Å². The van der Waals surface area contributed by atoms with Crippen LogP contribution < -0.4 is 5.90 Å². The molecule has 7 heteroatoms. The number of hydrogen-bond donors (Lipinski definition) is 3. The first-order valence-corrected chi connectivity index (χ1v) is 3.50. The van der Waals surface area contributed by atoms with Gasteiger partial charge < -0.3 is 19.8 Å². The Hall–Kier alpha value is -1.02. The lowest BCUT2D eigenvalue weighted by molar-refractivity contribution is -0.152. The van der Waals surface area contributed by atoms with E-state index in [4.69, 9.17) is 10.2 Å². The number of aliphatic hydroxyl groups excluding tert-OH is 2. The molecule has 1 aliphatic heterocycles. The summed E-state index contributed by atoms with van der Waals surface area (Å²) in [4.78, 5) is 25.7. The molecular weight excluding hydrogens is 182 g/mol. The topological polar surface area (TPSA) is 119 Å². The molecule has 0 amide bonds. The lowest BCUT2D eigenvalue weighted by Gasteiger charge is -2.13. The summed E-state index contributed by atoms with van der Waals surface area (Å²) < 4.78 is 4.38. The van der Waals surface area contributed by atoms with E-state index in [0.29, 0.717) is 0 Å². The van der Waals surface area contributed by atoms with Crippen molar-refractivity contribution in [2.24, 2.45) is 5.90 Å². The van der Waals surface area contributed by atoms with Gasteiger partial charge in [0.1, 0.15) is 6.10 Å². The van der Waals surface area contributed by atoms with Crippen molar-refractivity contribution in [3.63, 3.8) is 0 Å². The minimum Gasteiger partial charge on any atom is -0.449 e. The number of cyclic esters (lactones) is 1. The maximum atomic E-state index is 11.0. The summed E-state index contributed by atoms with van der Waals surface area (Å²) in [5.74, 6) is 2.69. The number of hydrogen-bond acceptors (Lipinski definition) is 7. The second-order valence-electron chi connectivity index (χ2n) is 2.56. The molecule has 4 N–H and O–H groups in total. The standard InChI is InChI=1S/C6H9NO6/c7-12-1-2(8)5-3(9)4(10)6(11)13-5/h2,4-5,8,10H,1,7H2. The summed E-state index contributed by atoms with van der Waals surface area (Å²) in [7, 11) is 0. The van der Waals surface area contributed by atoms with Crippen molar-refractivity contribution in [3.05, 3.63) is 0 Å². The molecule has 7 nitrogen and oxygen atoms in total. The maximum absolute atomic E-state index is 11.0. The molecule has 3 unspecified atom stereocenters.